The lowest BCUT2D eigenvalue weighted by molar-refractivity contribution is -0.127. The lowest BCUT2D eigenvalue weighted by Crippen LogP contribution is -2.40. The molecule has 0 spiro atoms. The Morgan fingerprint density at radius 2 is 1.46 bits per heavy atom. The average molecular weight is 623 g/mol. The Kier molecular flexibility index (Phi) is 11.2. The summed E-state index contributed by atoms with van der Waals surface area (Å²) < 4.78 is 11.7. The molecule has 1 saturated heterocycles. The highest BCUT2D eigenvalue weighted by atomic mass is 79.9. The molecule has 3 aromatic rings. The van der Waals surface area contributed by atoms with Crippen molar-refractivity contribution >= 4 is 27.7 Å². The van der Waals surface area contributed by atoms with Gasteiger partial charge in [0.15, 0.2) is 11.5 Å². The molecule has 3 aromatic carbocycles. The number of benzene rings is 3. The highest BCUT2D eigenvalue weighted by molar-refractivity contribution is 9.10. The number of methoxy groups -OCH3 is 2. The van der Waals surface area contributed by atoms with Gasteiger partial charge in [0.2, 0.25) is 5.91 Å². The molecule has 0 aliphatic carbocycles. The molecule has 1 atom stereocenters. The number of piperidine rings is 1. The summed E-state index contributed by atoms with van der Waals surface area (Å²) in [4.78, 5) is 28.3. The first kappa shape index (κ1) is 30.6. The molecular formula is C33H40BrN3O4. The highest BCUT2D eigenvalue weighted by Crippen LogP contribution is 2.29. The number of rotatable bonds is 12. The van der Waals surface area contributed by atoms with Crippen molar-refractivity contribution in [3.63, 3.8) is 0 Å². The molecule has 218 valence electrons. The molecule has 0 radical (unpaired) electrons. The van der Waals surface area contributed by atoms with E-state index in [-0.39, 0.29) is 17.7 Å². The summed E-state index contributed by atoms with van der Waals surface area (Å²) in [5.74, 6) is 1.65. The van der Waals surface area contributed by atoms with Crippen LogP contribution in [-0.4, -0.2) is 44.0 Å². The number of hydrogen-bond donors (Lipinski definition) is 2. The van der Waals surface area contributed by atoms with Crippen LogP contribution in [0.25, 0.3) is 0 Å². The van der Waals surface area contributed by atoms with Gasteiger partial charge in [-0.25, -0.2) is 0 Å². The molecule has 1 aliphatic rings. The molecule has 4 rings (SSSR count). The van der Waals surface area contributed by atoms with Gasteiger partial charge in [-0.3, -0.25) is 14.5 Å². The second kappa shape index (κ2) is 15.0. The van der Waals surface area contributed by atoms with E-state index < -0.39 is 0 Å². The third-order valence-corrected chi connectivity index (χ3v) is 8.41. The Morgan fingerprint density at radius 1 is 0.854 bits per heavy atom. The molecule has 0 aromatic heterocycles. The fourth-order valence-corrected chi connectivity index (χ4v) is 5.73. The van der Waals surface area contributed by atoms with Crippen LogP contribution in [-0.2, 0) is 24.4 Å². The fourth-order valence-electron chi connectivity index (χ4n) is 5.46. The van der Waals surface area contributed by atoms with Gasteiger partial charge < -0.3 is 20.1 Å². The van der Waals surface area contributed by atoms with E-state index in [2.05, 4.69) is 62.7 Å². The van der Waals surface area contributed by atoms with E-state index in [1.54, 1.807) is 26.4 Å². The van der Waals surface area contributed by atoms with Crippen molar-refractivity contribution in [2.75, 3.05) is 27.3 Å². The van der Waals surface area contributed by atoms with Gasteiger partial charge in [0.1, 0.15) is 0 Å². The normalized spacial score (nSPS) is 14.7. The number of likely N-dealkylation sites (tertiary alicyclic amines) is 1. The van der Waals surface area contributed by atoms with Crippen molar-refractivity contribution in [1.29, 1.82) is 0 Å². The highest BCUT2D eigenvalue weighted by Gasteiger charge is 2.30. The summed E-state index contributed by atoms with van der Waals surface area (Å²) >= 11 is 3.50. The minimum absolute atomic E-state index is 0.0199. The molecule has 2 N–H and O–H groups in total. The topological polar surface area (TPSA) is 79.9 Å². The van der Waals surface area contributed by atoms with Gasteiger partial charge >= 0.3 is 0 Å². The van der Waals surface area contributed by atoms with Crippen LogP contribution in [0.15, 0.2) is 71.2 Å². The fraction of sp³-hybridized carbons (Fsp3) is 0.394. The van der Waals surface area contributed by atoms with Crippen LogP contribution in [0.2, 0.25) is 0 Å². The zero-order chi connectivity index (χ0) is 29.2. The molecule has 7 nitrogen and oxygen atoms in total. The van der Waals surface area contributed by atoms with Gasteiger partial charge in [-0.15, -0.1) is 0 Å². The molecule has 1 aliphatic heterocycles. The zero-order valence-electron chi connectivity index (χ0n) is 24.1. The van der Waals surface area contributed by atoms with Crippen LogP contribution in [0.5, 0.6) is 11.5 Å². The third-order valence-electron chi connectivity index (χ3n) is 7.88. The summed E-state index contributed by atoms with van der Waals surface area (Å²) in [5, 5.41) is 6.08. The predicted molar refractivity (Wildman–Crippen MR) is 165 cm³/mol. The second-order valence-corrected chi connectivity index (χ2v) is 11.5. The van der Waals surface area contributed by atoms with Crippen LogP contribution in [0.4, 0.5) is 0 Å². The Bertz CT molecular complexity index is 1290. The quantitative estimate of drug-likeness (QED) is 0.261. The Hall–Kier alpha value is -3.36. The van der Waals surface area contributed by atoms with Gasteiger partial charge in [-0.2, -0.15) is 0 Å². The van der Waals surface area contributed by atoms with E-state index in [9.17, 15) is 9.59 Å². The first-order chi connectivity index (χ1) is 19.9. The molecule has 2 amide bonds. The third kappa shape index (κ3) is 8.57. The summed E-state index contributed by atoms with van der Waals surface area (Å²) in [6.07, 6.45) is 2.91. The van der Waals surface area contributed by atoms with Crippen molar-refractivity contribution in [2.24, 2.45) is 11.8 Å². The standard InChI is InChI=1S/C33H40BrN3O4/c1-4-29(26-15-17-37(18-16-26)22-24-7-12-28(34)13-8-24)33(39)36-20-23-5-10-27(11-6-23)32(38)35-21-25-9-14-30(40-2)31(19-25)41-3/h5-14,19,26,29H,4,15-18,20-22H2,1-3H3,(H,35,38)(H,36,39). The van der Waals surface area contributed by atoms with Crippen LogP contribution >= 0.6 is 15.9 Å². The number of ether oxygens (including phenoxy) is 2. The van der Waals surface area contributed by atoms with Crippen molar-refractivity contribution in [3.8, 4) is 11.5 Å². The molecule has 0 saturated carbocycles. The van der Waals surface area contributed by atoms with Crippen molar-refractivity contribution in [1.82, 2.24) is 15.5 Å². The number of hydrogen-bond acceptors (Lipinski definition) is 5. The van der Waals surface area contributed by atoms with Crippen molar-refractivity contribution in [2.45, 2.75) is 45.8 Å². The van der Waals surface area contributed by atoms with E-state index >= 15 is 0 Å². The summed E-state index contributed by atoms with van der Waals surface area (Å²) in [7, 11) is 3.18. The molecule has 1 fully saturated rings. The largest absolute Gasteiger partial charge is 0.493 e. The Balaban J connectivity index is 1.22. The molecule has 41 heavy (non-hydrogen) atoms. The average Bonchev–Trinajstić information content (AvgIpc) is 3.01. The lowest BCUT2D eigenvalue weighted by atomic mass is 9.82. The van der Waals surface area contributed by atoms with Crippen molar-refractivity contribution in [3.05, 3.63) is 93.5 Å². The first-order valence-corrected chi connectivity index (χ1v) is 15.0. The van der Waals surface area contributed by atoms with Crippen LogP contribution in [0.3, 0.4) is 0 Å². The van der Waals surface area contributed by atoms with Gasteiger partial charge in [0.05, 0.1) is 14.2 Å². The van der Waals surface area contributed by atoms with E-state index in [0.717, 1.165) is 54.5 Å². The minimum atomic E-state index is -0.159. The number of carbonyl (C=O) groups excluding carboxylic acids is 2. The van der Waals surface area contributed by atoms with Crippen LogP contribution in [0, 0.1) is 11.8 Å². The molecule has 0 bridgehead atoms. The van der Waals surface area contributed by atoms with E-state index in [1.807, 2.05) is 30.3 Å². The van der Waals surface area contributed by atoms with Crippen LogP contribution in [0.1, 0.15) is 53.2 Å². The number of nitrogens with one attached hydrogen (secondary N) is 2. The maximum atomic E-state index is 13.1. The Labute approximate surface area is 251 Å². The number of halogens is 1. The molecular weight excluding hydrogens is 582 g/mol. The van der Waals surface area contributed by atoms with Gasteiger partial charge in [0.25, 0.3) is 5.91 Å². The maximum Gasteiger partial charge on any atom is 0.251 e. The van der Waals surface area contributed by atoms with Gasteiger partial charge in [0, 0.05) is 35.6 Å². The Morgan fingerprint density at radius 3 is 2.10 bits per heavy atom. The summed E-state index contributed by atoms with van der Waals surface area (Å²) in [5.41, 5.74) is 3.77. The second-order valence-electron chi connectivity index (χ2n) is 10.5. The summed E-state index contributed by atoms with van der Waals surface area (Å²) in [6, 6.07) is 21.4. The number of nitrogens with zero attached hydrogens (tertiary/aromatic N) is 1. The molecule has 1 unspecified atom stereocenters. The van der Waals surface area contributed by atoms with Gasteiger partial charge in [-0.05, 0) is 91.4 Å². The summed E-state index contributed by atoms with van der Waals surface area (Å²) in [6.45, 7) is 5.91. The van der Waals surface area contributed by atoms with E-state index in [4.69, 9.17) is 9.47 Å². The first-order valence-electron chi connectivity index (χ1n) is 14.2. The number of amides is 2. The van der Waals surface area contributed by atoms with Crippen molar-refractivity contribution < 1.29 is 19.1 Å². The molecule has 1 heterocycles. The number of carbonyl (C=O) groups is 2. The molecule has 8 heteroatoms. The zero-order valence-corrected chi connectivity index (χ0v) is 25.7. The predicted octanol–water partition coefficient (Wildman–Crippen LogP) is 5.95. The SMILES string of the molecule is CCC(C(=O)NCc1ccc(C(=O)NCc2ccc(OC)c(OC)c2)cc1)C1CCN(Cc2ccc(Br)cc2)CC1. The van der Waals surface area contributed by atoms with Gasteiger partial charge in [-0.1, -0.05) is 53.2 Å². The maximum absolute atomic E-state index is 13.1. The smallest absolute Gasteiger partial charge is 0.251 e. The minimum Gasteiger partial charge on any atom is -0.493 e. The lowest BCUT2D eigenvalue weighted by Gasteiger charge is -2.35. The van der Waals surface area contributed by atoms with E-state index in [0.29, 0.717) is 36.1 Å². The monoisotopic (exact) mass is 621 g/mol. The van der Waals surface area contributed by atoms with E-state index in [1.165, 1.54) is 5.56 Å². The van der Waals surface area contributed by atoms with Crippen LogP contribution < -0.4 is 20.1 Å².